The molecule has 0 unspecified atom stereocenters. The molecule has 0 heterocycles. The normalized spacial score (nSPS) is 5.40. The Balaban J connectivity index is -0.000000105. The van der Waals surface area contributed by atoms with Crippen molar-refractivity contribution < 1.29 is 39.1 Å². The van der Waals surface area contributed by atoms with Gasteiger partial charge < -0.3 is 10.2 Å². The van der Waals surface area contributed by atoms with Gasteiger partial charge in [-0.1, -0.05) is 0 Å². The first-order valence-electron chi connectivity index (χ1n) is 2.13. The Labute approximate surface area is 72.4 Å². The second-order valence-electron chi connectivity index (χ2n) is 0.625. The van der Waals surface area contributed by atoms with Crippen LogP contribution in [0, 0.1) is 0 Å². The molecule has 0 atom stereocenters. The Morgan fingerprint density at radius 2 is 1.80 bits per heavy atom. The maximum atomic E-state index is 9.84. The predicted octanol–water partition coefficient (Wildman–Crippen LogP) is -1.87. The molecule has 0 aliphatic heterocycles. The van der Waals surface area contributed by atoms with Gasteiger partial charge in [-0.15, -0.1) is 0 Å². The summed E-state index contributed by atoms with van der Waals surface area (Å²) >= 11 is 1.31. The molecule has 0 spiro atoms. The van der Waals surface area contributed by atoms with E-state index in [9.17, 15) is 4.79 Å². The second kappa shape index (κ2) is 23.2. The number of carbonyl (C=O) groups is 1. The van der Waals surface area contributed by atoms with Crippen LogP contribution in [0.2, 0.25) is 0 Å². The van der Waals surface area contributed by atoms with E-state index in [1.807, 2.05) is 0 Å². The molecule has 0 radical (unpaired) electrons. The first-order valence-corrected chi connectivity index (χ1v) is 2.76. The van der Waals surface area contributed by atoms with Crippen LogP contribution in [0.4, 0.5) is 0 Å². The number of hydrogen-bond donors (Lipinski definition) is 0. The first-order chi connectivity index (χ1) is 4.81. The summed E-state index contributed by atoms with van der Waals surface area (Å²) in [4.78, 5) is 9.84. The van der Waals surface area contributed by atoms with Crippen LogP contribution >= 0.6 is 0 Å². The van der Waals surface area contributed by atoms with E-state index in [-0.39, 0.29) is 0 Å². The van der Waals surface area contributed by atoms with E-state index >= 15 is 0 Å². The molecule has 0 rings (SSSR count). The molecular formula is C5H9O4Ti. The number of rotatable bonds is 1. The Hall–Kier alpha value is -0.156. The van der Waals surface area contributed by atoms with E-state index in [1.165, 1.54) is 20.8 Å². The van der Waals surface area contributed by atoms with Crippen LogP contribution in [0.3, 0.4) is 0 Å². The molecule has 0 saturated heterocycles. The third kappa shape index (κ3) is 24.9. The van der Waals surface area contributed by atoms with Gasteiger partial charge in [0.25, 0.3) is 0 Å². The minimum atomic E-state index is -0.394. The minimum Gasteiger partial charge on any atom is -0.857 e. The van der Waals surface area contributed by atoms with E-state index in [2.05, 4.69) is 9.90 Å². The zero-order chi connectivity index (χ0) is 8.99. The SMILES string of the molecule is C=CC(=O)[O][Ti+2].C[O-].C[O-]. The Kier molecular flexibility index (Phi) is 38.1. The Morgan fingerprint density at radius 1 is 1.50 bits per heavy atom. The molecule has 10 heavy (non-hydrogen) atoms. The van der Waals surface area contributed by atoms with Gasteiger partial charge in [-0.05, 0) is 0 Å². The van der Waals surface area contributed by atoms with Crippen LogP contribution in [-0.4, -0.2) is 20.2 Å². The van der Waals surface area contributed by atoms with Crippen LogP contribution in [0.15, 0.2) is 12.7 Å². The van der Waals surface area contributed by atoms with Crippen LogP contribution in [0.5, 0.6) is 0 Å². The van der Waals surface area contributed by atoms with E-state index in [0.29, 0.717) is 0 Å². The number of hydrogen-bond acceptors (Lipinski definition) is 4. The predicted molar refractivity (Wildman–Crippen MR) is 28.1 cm³/mol. The fourth-order valence-corrected chi connectivity index (χ4v) is 0.172. The summed E-state index contributed by atoms with van der Waals surface area (Å²) in [7, 11) is 1.50. The molecule has 0 aromatic rings. The zero-order valence-electron chi connectivity index (χ0n) is 5.92. The molecule has 0 aliphatic carbocycles. The van der Waals surface area contributed by atoms with Crippen LogP contribution in [0.25, 0.3) is 0 Å². The van der Waals surface area contributed by atoms with E-state index < -0.39 is 5.97 Å². The molecule has 4 nitrogen and oxygen atoms in total. The summed E-state index contributed by atoms with van der Waals surface area (Å²) in [6.45, 7) is 3.16. The average molecular weight is 181 g/mol. The smallest absolute Gasteiger partial charge is 0.153 e. The average Bonchev–Trinajstić information content (AvgIpc) is 2.10. The van der Waals surface area contributed by atoms with Gasteiger partial charge in [0.2, 0.25) is 0 Å². The van der Waals surface area contributed by atoms with Crippen LogP contribution in [-0.2, 0) is 28.9 Å². The summed E-state index contributed by atoms with van der Waals surface area (Å²) in [5.74, 6) is -0.394. The molecule has 57 valence electrons. The third-order valence-electron chi connectivity index (χ3n) is 0.267. The molecule has 0 fully saturated rings. The van der Waals surface area contributed by atoms with Crippen molar-refractivity contribution in [3.8, 4) is 0 Å². The third-order valence-corrected chi connectivity index (χ3v) is 0.581. The first kappa shape index (κ1) is 16.4. The summed E-state index contributed by atoms with van der Waals surface area (Å²) < 4.78 is 4.14. The van der Waals surface area contributed by atoms with Crippen LogP contribution < -0.4 is 10.2 Å². The van der Waals surface area contributed by atoms with E-state index in [1.54, 1.807) is 0 Å². The van der Waals surface area contributed by atoms with Crippen molar-refractivity contribution in [2.75, 3.05) is 14.2 Å². The van der Waals surface area contributed by atoms with Crippen molar-refractivity contribution >= 4 is 5.97 Å². The molecule has 0 amide bonds. The largest absolute Gasteiger partial charge is 0.857 e. The standard InChI is InChI=1S/C3H4O2.2CH3O.Ti/c1-2-3(4)5;2*1-2;/h2H,1H2,(H,4,5);2*1H3;/q;2*-1;+3/p-1. The topological polar surface area (TPSA) is 72.4 Å². The monoisotopic (exact) mass is 181 g/mol. The Morgan fingerprint density at radius 3 is 1.80 bits per heavy atom. The molecule has 5 heteroatoms. The molecule has 0 N–H and O–H groups in total. The van der Waals surface area contributed by atoms with Gasteiger partial charge in [0.1, 0.15) is 0 Å². The van der Waals surface area contributed by atoms with Crippen molar-refractivity contribution in [3.05, 3.63) is 12.7 Å². The molecule has 0 bridgehead atoms. The summed E-state index contributed by atoms with van der Waals surface area (Å²) in [6, 6.07) is 0. The molecule has 0 aliphatic rings. The summed E-state index contributed by atoms with van der Waals surface area (Å²) in [6.07, 6.45) is 1.11. The van der Waals surface area contributed by atoms with Crippen molar-refractivity contribution in [1.82, 2.24) is 0 Å². The Bertz CT molecular complexity index is 74.0. The zero-order valence-corrected chi connectivity index (χ0v) is 7.48. The summed E-state index contributed by atoms with van der Waals surface area (Å²) in [5, 5.41) is 16.5. The van der Waals surface area contributed by atoms with E-state index in [0.717, 1.165) is 20.3 Å². The second-order valence-corrected chi connectivity index (χ2v) is 0.944. The van der Waals surface area contributed by atoms with Gasteiger partial charge in [-0.25, -0.2) is 0 Å². The van der Waals surface area contributed by atoms with Gasteiger partial charge in [-0.2, -0.15) is 14.2 Å². The van der Waals surface area contributed by atoms with Crippen LogP contribution in [0.1, 0.15) is 0 Å². The van der Waals surface area contributed by atoms with E-state index in [4.69, 9.17) is 10.2 Å². The van der Waals surface area contributed by atoms with Crippen molar-refractivity contribution in [2.24, 2.45) is 0 Å². The maximum absolute atomic E-state index is 9.84. The molecule has 0 aromatic carbocycles. The van der Waals surface area contributed by atoms with Gasteiger partial charge >= 0.3 is 47.6 Å². The molecule has 0 saturated carbocycles. The fourth-order valence-electron chi connectivity index (χ4n) is 0.0417. The van der Waals surface area contributed by atoms with Crippen molar-refractivity contribution in [2.45, 2.75) is 0 Å². The molecule has 0 aromatic heterocycles. The van der Waals surface area contributed by atoms with Gasteiger partial charge in [0, 0.05) is 0 Å². The number of carbonyl (C=O) groups excluding carboxylic acids is 1. The quantitative estimate of drug-likeness (QED) is 0.351. The van der Waals surface area contributed by atoms with Crippen molar-refractivity contribution in [3.63, 3.8) is 0 Å². The van der Waals surface area contributed by atoms with Gasteiger partial charge in [-0.3, -0.25) is 0 Å². The van der Waals surface area contributed by atoms with Crippen molar-refractivity contribution in [1.29, 1.82) is 0 Å². The minimum absolute atomic E-state index is 0.394. The maximum Gasteiger partial charge on any atom is -0.153 e. The molecular weight excluding hydrogens is 172 g/mol. The van der Waals surface area contributed by atoms with Gasteiger partial charge in [0.05, 0.1) is 0 Å². The van der Waals surface area contributed by atoms with Gasteiger partial charge in [0.15, 0.2) is 0 Å². The summed E-state index contributed by atoms with van der Waals surface area (Å²) in [5.41, 5.74) is 0. The fraction of sp³-hybridized carbons (Fsp3) is 0.400.